The molecular weight excluding hydrogens is 204 g/mol. The van der Waals surface area contributed by atoms with E-state index in [9.17, 15) is 4.79 Å². The van der Waals surface area contributed by atoms with Crippen LogP contribution in [0.3, 0.4) is 0 Å². The van der Waals surface area contributed by atoms with Crippen molar-refractivity contribution in [1.82, 2.24) is 5.32 Å². The molecular formula is C12H16N2O2. The Morgan fingerprint density at radius 2 is 2.31 bits per heavy atom. The van der Waals surface area contributed by atoms with Gasteiger partial charge in [-0.25, -0.2) is 4.79 Å². The van der Waals surface area contributed by atoms with Crippen LogP contribution in [0.2, 0.25) is 0 Å². The fraction of sp³-hybridized carbons (Fsp3) is 0.417. The Kier molecular flexibility index (Phi) is 2.99. The molecule has 1 atom stereocenters. The molecule has 16 heavy (non-hydrogen) atoms. The molecule has 2 rings (SSSR count). The number of anilines is 1. The van der Waals surface area contributed by atoms with Gasteiger partial charge in [-0.2, -0.15) is 0 Å². The second-order valence-electron chi connectivity index (χ2n) is 3.84. The minimum Gasteiger partial charge on any atom is -0.487 e. The van der Waals surface area contributed by atoms with Gasteiger partial charge in [0.2, 0.25) is 0 Å². The van der Waals surface area contributed by atoms with Crippen LogP contribution in [-0.2, 0) is 0 Å². The maximum absolute atomic E-state index is 11.9. The van der Waals surface area contributed by atoms with Crippen LogP contribution in [0.4, 0.5) is 10.5 Å². The molecule has 4 heteroatoms. The Hall–Kier alpha value is -1.71. The number of ether oxygens (including phenoxy) is 1. The molecule has 1 heterocycles. The molecule has 0 aliphatic carbocycles. The van der Waals surface area contributed by atoms with Crippen LogP contribution in [0.25, 0.3) is 0 Å². The lowest BCUT2D eigenvalue weighted by Gasteiger charge is -2.33. The fourth-order valence-electron chi connectivity index (χ4n) is 1.83. The van der Waals surface area contributed by atoms with E-state index < -0.39 is 0 Å². The molecule has 0 unspecified atom stereocenters. The summed E-state index contributed by atoms with van der Waals surface area (Å²) in [6.07, 6.45) is 0.0255. The molecule has 1 aliphatic heterocycles. The zero-order valence-electron chi connectivity index (χ0n) is 9.56. The van der Waals surface area contributed by atoms with E-state index in [4.69, 9.17) is 4.74 Å². The monoisotopic (exact) mass is 220 g/mol. The third-order valence-corrected chi connectivity index (χ3v) is 2.50. The second-order valence-corrected chi connectivity index (χ2v) is 3.84. The smallest absolute Gasteiger partial charge is 0.322 e. The van der Waals surface area contributed by atoms with Crippen molar-refractivity contribution in [2.45, 2.75) is 20.0 Å². The summed E-state index contributed by atoms with van der Waals surface area (Å²) in [6, 6.07) is 7.54. The zero-order valence-corrected chi connectivity index (χ0v) is 9.56. The molecule has 0 spiro atoms. The highest BCUT2D eigenvalue weighted by atomic mass is 16.5. The van der Waals surface area contributed by atoms with Crippen molar-refractivity contribution in [3.8, 4) is 5.75 Å². The van der Waals surface area contributed by atoms with Crippen LogP contribution < -0.4 is 15.0 Å². The molecule has 4 nitrogen and oxygen atoms in total. The summed E-state index contributed by atoms with van der Waals surface area (Å²) in [7, 11) is 0. The first-order valence-corrected chi connectivity index (χ1v) is 5.53. The number of nitrogens with one attached hydrogen (secondary N) is 1. The van der Waals surface area contributed by atoms with Gasteiger partial charge in [0, 0.05) is 6.54 Å². The molecule has 2 amide bonds. The number of para-hydroxylation sites is 2. The van der Waals surface area contributed by atoms with Crippen LogP contribution in [-0.4, -0.2) is 25.2 Å². The summed E-state index contributed by atoms with van der Waals surface area (Å²) in [5.41, 5.74) is 0.839. The Bertz CT molecular complexity index is 392. The third kappa shape index (κ3) is 1.96. The van der Waals surface area contributed by atoms with E-state index in [1.165, 1.54) is 0 Å². The summed E-state index contributed by atoms with van der Waals surface area (Å²) in [4.78, 5) is 13.6. The molecule has 1 aromatic carbocycles. The standard InChI is InChI=1S/C12H16N2O2/c1-3-13-12(15)14-8-9(2)16-11-7-5-4-6-10(11)14/h4-7,9H,3,8H2,1-2H3,(H,13,15)/t9-/m0/s1. The van der Waals surface area contributed by atoms with Crippen molar-refractivity contribution in [1.29, 1.82) is 0 Å². The van der Waals surface area contributed by atoms with Crippen molar-refractivity contribution in [2.75, 3.05) is 18.0 Å². The number of benzene rings is 1. The van der Waals surface area contributed by atoms with Crippen LogP contribution in [0.5, 0.6) is 5.75 Å². The van der Waals surface area contributed by atoms with Gasteiger partial charge < -0.3 is 10.1 Å². The van der Waals surface area contributed by atoms with Gasteiger partial charge in [0.15, 0.2) is 0 Å². The molecule has 0 radical (unpaired) electrons. The average Bonchev–Trinajstić information content (AvgIpc) is 2.28. The number of amides is 2. The summed E-state index contributed by atoms with van der Waals surface area (Å²) >= 11 is 0. The Morgan fingerprint density at radius 1 is 1.56 bits per heavy atom. The summed E-state index contributed by atoms with van der Waals surface area (Å²) in [5.74, 6) is 0.771. The van der Waals surface area contributed by atoms with Gasteiger partial charge in [-0.15, -0.1) is 0 Å². The second kappa shape index (κ2) is 4.43. The number of hydrogen-bond donors (Lipinski definition) is 1. The largest absolute Gasteiger partial charge is 0.487 e. The summed E-state index contributed by atoms with van der Waals surface area (Å²) in [6.45, 7) is 5.09. The highest BCUT2D eigenvalue weighted by molar-refractivity contribution is 5.94. The summed E-state index contributed by atoms with van der Waals surface area (Å²) < 4.78 is 5.67. The Morgan fingerprint density at radius 3 is 3.06 bits per heavy atom. The third-order valence-electron chi connectivity index (χ3n) is 2.50. The molecule has 86 valence electrons. The number of carbonyl (C=O) groups is 1. The van der Waals surface area contributed by atoms with Crippen LogP contribution in [0.15, 0.2) is 24.3 Å². The van der Waals surface area contributed by atoms with E-state index in [1.54, 1.807) is 4.90 Å². The van der Waals surface area contributed by atoms with Crippen molar-refractivity contribution in [3.05, 3.63) is 24.3 Å². The van der Waals surface area contributed by atoms with E-state index in [0.29, 0.717) is 13.1 Å². The van der Waals surface area contributed by atoms with E-state index in [-0.39, 0.29) is 12.1 Å². The van der Waals surface area contributed by atoms with Crippen molar-refractivity contribution in [3.63, 3.8) is 0 Å². The molecule has 1 N–H and O–H groups in total. The minimum atomic E-state index is -0.0647. The van der Waals surface area contributed by atoms with Crippen molar-refractivity contribution < 1.29 is 9.53 Å². The Labute approximate surface area is 95.2 Å². The lowest BCUT2D eigenvalue weighted by Crippen LogP contribution is -2.47. The maximum Gasteiger partial charge on any atom is 0.322 e. The van der Waals surface area contributed by atoms with E-state index >= 15 is 0 Å². The minimum absolute atomic E-state index is 0.0255. The highest BCUT2D eigenvalue weighted by Crippen LogP contribution is 2.32. The predicted octanol–water partition coefficient (Wildman–Crippen LogP) is 2.00. The maximum atomic E-state index is 11.9. The van der Waals surface area contributed by atoms with E-state index in [2.05, 4.69) is 5.32 Å². The molecule has 0 saturated heterocycles. The molecule has 0 aromatic heterocycles. The van der Waals surface area contributed by atoms with Crippen LogP contribution >= 0.6 is 0 Å². The van der Waals surface area contributed by atoms with Gasteiger partial charge in [0.1, 0.15) is 11.9 Å². The van der Waals surface area contributed by atoms with Gasteiger partial charge >= 0.3 is 6.03 Å². The first-order valence-electron chi connectivity index (χ1n) is 5.53. The zero-order chi connectivity index (χ0) is 11.5. The molecule has 1 aromatic rings. The van der Waals surface area contributed by atoms with Crippen molar-refractivity contribution >= 4 is 11.7 Å². The molecule has 0 fully saturated rings. The predicted molar refractivity (Wildman–Crippen MR) is 63.0 cm³/mol. The fourth-order valence-corrected chi connectivity index (χ4v) is 1.83. The number of hydrogen-bond acceptors (Lipinski definition) is 2. The quantitative estimate of drug-likeness (QED) is 0.786. The summed E-state index contributed by atoms with van der Waals surface area (Å²) in [5, 5.41) is 2.81. The van der Waals surface area contributed by atoms with Gasteiger partial charge in [0.05, 0.1) is 12.2 Å². The van der Waals surface area contributed by atoms with E-state index in [0.717, 1.165) is 11.4 Å². The van der Waals surface area contributed by atoms with Crippen molar-refractivity contribution in [2.24, 2.45) is 0 Å². The van der Waals surface area contributed by atoms with Gasteiger partial charge in [0.25, 0.3) is 0 Å². The number of urea groups is 1. The lowest BCUT2D eigenvalue weighted by atomic mass is 10.2. The SMILES string of the molecule is CCNC(=O)N1C[C@H](C)Oc2ccccc21. The molecule has 0 saturated carbocycles. The first-order chi connectivity index (χ1) is 7.72. The normalized spacial score (nSPS) is 18.6. The number of nitrogens with zero attached hydrogens (tertiary/aromatic N) is 1. The number of rotatable bonds is 1. The van der Waals surface area contributed by atoms with Gasteiger partial charge in [-0.1, -0.05) is 12.1 Å². The first kappa shape index (κ1) is 10.8. The molecule has 1 aliphatic rings. The molecule has 0 bridgehead atoms. The van der Waals surface area contributed by atoms with Crippen LogP contribution in [0.1, 0.15) is 13.8 Å². The van der Waals surface area contributed by atoms with Gasteiger partial charge in [-0.05, 0) is 26.0 Å². The van der Waals surface area contributed by atoms with Gasteiger partial charge in [-0.3, -0.25) is 4.90 Å². The lowest BCUT2D eigenvalue weighted by molar-refractivity contribution is 0.205. The van der Waals surface area contributed by atoms with E-state index in [1.807, 2.05) is 38.1 Å². The highest BCUT2D eigenvalue weighted by Gasteiger charge is 2.26. The Balaban J connectivity index is 2.30. The topological polar surface area (TPSA) is 41.6 Å². The van der Waals surface area contributed by atoms with Crippen LogP contribution in [0, 0.1) is 0 Å². The average molecular weight is 220 g/mol. The number of carbonyl (C=O) groups excluding carboxylic acids is 1. The number of fused-ring (bicyclic) bond motifs is 1.